The number of rotatable bonds is 3. The van der Waals surface area contributed by atoms with E-state index in [4.69, 9.17) is 5.11 Å². The number of carbonyl (C=O) groups is 2. The van der Waals surface area contributed by atoms with Crippen LogP contribution in [0, 0.1) is 5.92 Å². The molecule has 2 rings (SSSR count). The van der Waals surface area contributed by atoms with Crippen LogP contribution in [-0.2, 0) is 11.0 Å². The molecule has 0 unspecified atom stereocenters. The summed E-state index contributed by atoms with van der Waals surface area (Å²) in [6.07, 6.45) is -4.68. The van der Waals surface area contributed by atoms with Crippen LogP contribution in [0.4, 0.5) is 18.9 Å². The zero-order valence-corrected chi connectivity index (χ0v) is 10.1. The highest BCUT2D eigenvalue weighted by atomic mass is 19.4. The van der Waals surface area contributed by atoms with E-state index in [2.05, 4.69) is 10.6 Å². The second kappa shape index (κ2) is 5.12. The Labute approximate surface area is 111 Å². The Kier molecular flexibility index (Phi) is 3.67. The Morgan fingerprint density at radius 2 is 1.90 bits per heavy atom. The van der Waals surface area contributed by atoms with Gasteiger partial charge in [0.15, 0.2) is 0 Å². The molecule has 0 radical (unpaired) electrons. The molecular weight excluding hydrogens is 277 g/mol. The highest BCUT2D eigenvalue weighted by Crippen LogP contribution is 2.32. The fourth-order valence-electron chi connectivity index (χ4n) is 1.71. The van der Waals surface area contributed by atoms with Crippen LogP contribution in [0.3, 0.4) is 0 Å². The Bertz CT molecular complexity index is 553. The fourth-order valence-corrected chi connectivity index (χ4v) is 1.71. The van der Waals surface area contributed by atoms with Gasteiger partial charge in [-0.25, -0.2) is 4.79 Å². The quantitative estimate of drug-likeness (QED) is 0.788. The number of carbonyl (C=O) groups excluding carboxylic acids is 1. The number of carboxylic acid groups (broad SMARTS) is 1. The molecule has 0 aliphatic carbocycles. The van der Waals surface area contributed by atoms with Gasteiger partial charge in [0.05, 0.1) is 17.0 Å². The lowest BCUT2D eigenvalue weighted by atomic mass is 10.0. The third kappa shape index (κ3) is 3.08. The van der Waals surface area contributed by atoms with Gasteiger partial charge in [-0.05, 0) is 18.2 Å². The molecule has 0 atom stereocenters. The lowest BCUT2D eigenvalue weighted by Gasteiger charge is -2.26. The van der Waals surface area contributed by atoms with Crippen LogP contribution < -0.4 is 10.6 Å². The maximum atomic E-state index is 12.7. The van der Waals surface area contributed by atoms with Crippen molar-refractivity contribution in [3.05, 3.63) is 29.3 Å². The number of hydrogen-bond acceptors (Lipinski definition) is 3. The molecule has 8 heteroatoms. The van der Waals surface area contributed by atoms with Gasteiger partial charge in [0.25, 0.3) is 0 Å². The van der Waals surface area contributed by atoms with E-state index in [-0.39, 0.29) is 11.6 Å². The van der Waals surface area contributed by atoms with Crippen molar-refractivity contribution in [2.75, 3.05) is 18.4 Å². The number of alkyl halides is 3. The van der Waals surface area contributed by atoms with E-state index in [1.54, 1.807) is 0 Å². The molecule has 5 nitrogen and oxygen atoms in total. The van der Waals surface area contributed by atoms with Crippen LogP contribution in [-0.4, -0.2) is 30.1 Å². The summed E-state index contributed by atoms with van der Waals surface area (Å²) in [6.45, 7) is 0.910. The van der Waals surface area contributed by atoms with Crippen LogP contribution in [0.25, 0.3) is 0 Å². The molecular formula is C12H11F3N2O3. The molecule has 0 bridgehead atoms. The minimum absolute atomic E-state index is 0.172. The average Bonchev–Trinajstić information content (AvgIpc) is 2.24. The molecule has 1 fully saturated rings. The maximum absolute atomic E-state index is 12.7. The summed E-state index contributed by atoms with van der Waals surface area (Å²) in [6, 6.07) is 2.25. The van der Waals surface area contributed by atoms with Gasteiger partial charge in [0.2, 0.25) is 5.91 Å². The second-order valence-corrected chi connectivity index (χ2v) is 4.45. The third-order valence-corrected chi connectivity index (χ3v) is 2.93. The standard InChI is InChI=1S/C12H11F3N2O3/c13-12(14,15)8-1-6(11(19)20)2-9(3-8)17-10(18)7-4-16-5-7/h1-3,7,16H,4-5H2,(H,17,18)(H,19,20). The van der Waals surface area contributed by atoms with Gasteiger partial charge in [0, 0.05) is 18.8 Å². The van der Waals surface area contributed by atoms with Crippen molar-refractivity contribution in [3.8, 4) is 0 Å². The molecule has 3 N–H and O–H groups in total. The lowest BCUT2D eigenvalue weighted by Crippen LogP contribution is -2.48. The third-order valence-electron chi connectivity index (χ3n) is 2.93. The summed E-state index contributed by atoms with van der Waals surface area (Å²) < 4.78 is 38.0. The molecule has 1 aromatic carbocycles. The van der Waals surface area contributed by atoms with Crippen LogP contribution in [0.1, 0.15) is 15.9 Å². The monoisotopic (exact) mass is 288 g/mol. The van der Waals surface area contributed by atoms with E-state index in [1.165, 1.54) is 0 Å². The van der Waals surface area contributed by atoms with Crippen LogP contribution in [0.5, 0.6) is 0 Å². The SMILES string of the molecule is O=C(O)c1cc(NC(=O)C2CNC2)cc(C(F)(F)F)c1. The molecule has 108 valence electrons. The normalized spacial score (nSPS) is 15.6. The molecule has 0 aromatic heterocycles. The summed E-state index contributed by atoms with van der Waals surface area (Å²) >= 11 is 0. The topological polar surface area (TPSA) is 78.4 Å². The predicted octanol–water partition coefficient (Wildman–Crippen LogP) is 1.56. The molecule has 1 saturated heterocycles. The molecule has 0 spiro atoms. The first kappa shape index (κ1) is 14.3. The Balaban J connectivity index is 2.29. The average molecular weight is 288 g/mol. The zero-order valence-electron chi connectivity index (χ0n) is 10.1. The van der Waals surface area contributed by atoms with Crippen molar-refractivity contribution in [2.45, 2.75) is 6.18 Å². The van der Waals surface area contributed by atoms with Gasteiger partial charge >= 0.3 is 12.1 Å². The smallest absolute Gasteiger partial charge is 0.416 e. The van der Waals surface area contributed by atoms with Crippen LogP contribution in [0.15, 0.2) is 18.2 Å². The van der Waals surface area contributed by atoms with Gasteiger partial charge in [-0.3, -0.25) is 4.79 Å². The number of amides is 1. The van der Waals surface area contributed by atoms with Crippen molar-refractivity contribution < 1.29 is 27.9 Å². The molecule has 1 aliphatic heterocycles. The summed E-state index contributed by atoms with van der Waals surface area (Å²) in [5, 5.41) is 14.0. The van der Waals surface area contributed by atoms with E-state index < -0.39 is 29.2 Å². The number of aromatic carboxylic acids is 1. The Morgan fingerprint density at radius 3 is 2.35 bits per heavy atom. The largest absolute Gasteiger partial charge is 0.478 e. The fraction of sp³-hybridized carbons (Fsp3) is 0.333. The van der Waals surface area contributed by atoms with Gasteiger partial charge in [-0.15, -0.1) is 0 Å². The molecule has 1 aromatic rings. The van der Waals surface area contributed by atoms with Gasteiger partial charge in [-0.2, -0.15) is 13.2 Å². The van der Waals surface area contributed by atoms with E-state index in [0.717, 1.165) is 12.1 Å². The number of nitrogens with one attached hydrogen (secondary N) is 2. The number of benzene rings is 1. The van der Waals surface area contributed by atoms with E-state index in [1.807, 2.05) is 0 Å². The number of anilines is 1. The molecule has 0 saturated carbocycles. The van der Waals surface area contributed by atoms with E-state index >= 15 is 0 Å². The highest BCUT2D eigenvalue weighted by Gasteiger charge is 2.32. The van der Waals surface area contributed by atoms with E-state index in [0.29, 0.717) is 19.2 Å². The number of hydrogen-bond donors (Lipinski definition) is 3. The van der Waals surface area contributed by atoms with Gasteiger partial charge in [0.1, 0.15) is 0 Å². The van der Waals surface area contributed by atoms with Crippen molar-refractivity contribution >= 4 is 17.6 Å². The van der Waals surface area contributed by atoms with Crippen LogP contribution in [0.2, 0.25) is 0 Å². The van der Waals surface area contributed by atoms with Gasteiger partial charge < -0.3 is 15.7 Å². The van der Waals surface area contributed by atoms with E-state index in [9.17, 15) is 22.8 Å². The molecule has 1 amide bonds. The highest BCUT2D eigenvalue weighted by molar-refractivity contribution is 5.95. The van der Waals surface area contributed by atoms with Crippen LogP contribution >= 0.6 is 0 Å². The van der Waals surface area contributed by atoms with Crippen molar-refractivity contribution in [1.29, 1.82) is 0 Å². The molecule has 20 heavy (non-hydrogen) atoms. The van der Waals surface area contributed by atoms with Crippen molar-refractivity contribution in [1.82, 2.24) is 5.32 Å². The lowest BCUT2D eigenvalue weighted by molar-refractivity contribution is -0.137. The maximum Gasteiger partial charge on any atom is 0.416 e. The Hall–Kier alpha value is -2.09. The number of carboxylic acids is 1. The Morgan fingerprint density at radius 1 is 1.25 bits per heavy atom. The summed E-state index contributed by atoms with van der Waals surface area (Å²) in [7, 11) is 0. The zero-order chi connectivity index (χ0) is 14.9. The summed E-state index contributed by atoms with van der Waals surface area (Å²) in [5.74, 6) is -2.23. The second-order valence-electron chi connectivity index (χ2n) is 4.45. The first-order chi connectivity index (χ1) is 9.27. The van der Waals surface area contributed by atoms with Crippen molar-refractivity contribution in [3.63, 3.8) is 0 Å². The predicted molar refractivity (Wildman–Crippen MR) is 63.4 cm³/mol. The summed E-state index contributed by atoms with van der Waals surface area (Å²) in [4.78, 5) is 22.5. The summed E-state index contributed by atoms with van der Waals surface area (Å²) in [5.41, 5.74) is -1.81. The first-order valence-electron chi connectivity index (χ1n) is 5.74. The number of halogens is 3. The molecule has 1 aliphatic rings. The minimum atomic E-state index is -4.68. The van der Waals surface area contributed by atoms with Crippen molar-refractivity contribution in [2.24, 2.45) is 5.92 Å². The minimum Gasteiger partial charge on any atom is -0.478 e. The molecule has 1 heterocycles. The first-order valence-corrected chi connectivity index (χ1v) is 5.74. The van der Waals surface area contributed by atoms with Gasteiger partial charge in [-0.1, -0.05) is 0 Å².